The average molecular weight is 418 g/mol. The fourth-order valence-corrected chi connectivity index (χ4v) is 3.03. The third-order valence-corrected chi connectivity index (χ3v) is 5.23. The molecule has 0 fully saturated rings. The highest BCUT2D eigenvalue weighted by Crippen LogP contribution is 2.22. The molecule has 0 aliphatic heterocycles. The fraction of sp³-hybridized carbons (Fsp3) is 0.0667. The number of carbonyl (C=O) groups excluding carboxylic acids is 2. The van der Waals surface area contributed by atoms with E-state index >= 15 is 0 Å². The minimum Gasteiger partial charge on any atom is -0.507 e. The van der Waals surface area contributed by atoms with Gasteiger partial charge in [-0.15, -0.1) is 0 Å². The molecule has 2 amide bonds. The van der Waals surface area contributed by atoms with E-state index in [0.717, 1.165) is 6.07 Å². The van der Waals surface area contributed by atoms with Crippen molar-refractivity contribution in [2.24, 2.45) is 0 Å². The number of rotatable bonds is 4. The second kappa shape index (κ2) is 7.92. The van der Waals surface area contributed by atoms with Gasteiger partial charge in [0.2, 0.25) is 10.0 Å². The van der Waals surface area contributed by atoms with Gasteiger partial charge < -0.3 is 5.11 Å². The van der Waals surface area contributed by atoms with Crippen molar-refractivity contribution in [2.75, 3.05) is 7.05 Å². The predicted molar refractivity (Wildman–Crippen MR) is 95.7 cm³/mol. The highest BCUT2D eigenvalue weighted by atomic mass is 35.5. The number of phenolic OH excluding ortho intramolecular Hbond substituents is 1. The lowest BCUT2D eigenvalue weighted by atomic mass is 10.2. The van der Waals surface area contributed by atoms with Crippen molar-refractivity contribution in [1.29, 1.82) is 0 Å². The van der Waals surface area contributed by atoms with Crippen molar-refractivity contribution in [1.82, 2.24) is 15.6 Å². The van der Waals surface area contributed by atoms with Crippen LogP contribution in [0.15, 0.2) is 41.3 Å². The largest absolute Gasteiger partial charge is 0.507 e. The number of halogens is 2. The Morgan fingerprint density at radius 1 is 0.962 bits per heavy atom. The molecule has 11 heteroatoms. The van der Waals surface area contributed by atoms with E-state index < -0.39 is 21.8 Å². The molecular formula is C15H13Cl2N3O5S. The first-order valence-electron chi connectivity index (χ1n) is 6.98. The highest BCUT2D eigenvalue weighted by Gasteiger charge is 2.18. The summed E-state index contributed by atoms with van der Waals surface area (Å²) in [5.74, 6) is -2.01. The summed E-state index contributed by atoms with van der Waals surface area (Å²) >= 11 is 11.7. The minimum absolute atomic E-state index is 0.0163. The summed E-state index contributed by atoms with van der Waals surface area (Å²) in [6, 6.07) is 7.36. The van der Waals surface area contributed by atoms with Gasteiger partial charge in [-0.3, -0.25) is 20.4 Å². The normalized spacial score (nSPS) is 11.0. The molecule has 2 rings (SSSR count). The topological polar surface area (TPSA) is 125 Å². The molecule has 0 radical (unpaired) electrons. The molecule has 0 atom stereocenters. The number of amides is 2. The molecule has 138 valence electrons. The van der Waals surface area contributed by atoms with E-state index in [1.165, 1.54) is 37.4 Å². The van der Waals surface area contributed by atoms with Crippen molar-refractivity contribution in [2.45, 2.75) is 4.90 Å². The molecule has 0 aromatic heterocycles. The molecule has 0 saturated heterocycles. The van der Waals surface area contributed by atoms with Crippen molar-refractivity contribution in [3.05, 3.63) is 57.6 Å². The van der Waals surface area contributed by atoms with E-state index in [1.54, 1.807) is 0 Å². The van der Waals surface area contributed by atoms with Gasteiger partial charge in [-0.05, 0) is 43.4 Å². The van der Waals surface area contributed by atoms with Crippen LogP contribution >= 0.6 is 23.2 Å². The molecule has 0 aliphatic carbocycles. The SMILES string of the molecule is CNS(=O)(=O)c1ccc(Cl)c(C(=O)NNC(=O)c2cc(Cl)ccc2O)c1. The maximum Gasteiger partial charge on any atom is 0.273 e. The second-order valence-electron chi connectivity index (χ2n) is 4.92. The number of hydrogen-bond acceptors (Lipinski definition) is 5. The van der Waals surface area contributed by atoms with Crippen LogP contribution in [0.25, 0.3) is 0 Å². The number of phenols is 1. The lowest BCUT2D eigenvalue weighted by Crippen LogP contribution is -2.41. The number of aromatic hydroxyl groups is 1. The number of benzene rings is 2. The number of sulfonamides is 1. The van der Waals surface area contributed by atoms with E-state index in [0.29, 0.717) is 0 Å². The number of nitrogens with one attached hydrogen (secondary N) is 3. The van der Waals surface area contributed by atoms with Crippen molar-refractivity contribution in [3.8, 4) is 5.75 Å². The highest BCUT2D eigenvalue weighted by molar-refractivity contribution is 7.89. The quantitative estimate of drug-likeness (QED) is 0.563. The first kappa shape index (κ1) is 20.0. The summed E-state index contributed by atoms with van der Waals surface area (Å²) in [7, 11) is -2.56. The number of carbonyl (C=O) groups is 2. The van der Waals surface area contributed by atoms with Crippen LogP contribution < -0.4 is 15.6 Å². The average Bonchev–Trinajstić information content (AvgIpc) is 2.61. The van der Waals surface area contributed by atoms with Crippen LogP contribution in [0, 0.1) is 0 Å². The standard InChI is InChI=1S/C15H13Cl2N3O5S/c1-18-26(24,25)9-3-4-12(17)10(7-9)14(22)19-20-15(23)11-6-8(16)2-5-13(11)21/h2-7,18,21H,1H3,(H,19,22)(H,20,23). The molecule has 0 bridgehead atoms. The fourth-order valence-electron chi connectivity index (χ4n) is 1.90. The van der Waals surface area contributed by atoms with Crippen LogP contribution in [0.5, 0.6) is 5.75 Å². The van der Waals surface area contributed by atoms with E-state index in [9.17, 15) is 23.1 Å². The van der Waals surface area contributed by atoms with Gasteiger partial charge in [-0.1, -0.05) is 23.2 Å². The molecule has 2 aromatic carbocycles. The van der Waals surface area contributed by atoms with Gasteiger partial charge in [-0.25, -0.2) is 13.1 Å². The molecular weight excluding hydrogens is 405 g/mol. The Morgan fingerprint density at radius 2 is 1.58 bits per heavy atom. The molecule has 4 N–H and O–H groups in total. The molecule has 0 spiro atoms. The van der Waals surface area contributed by atoms with Gasteiger partial charge >= 0.3 is 0 Å². The van der Waals surface area contributed by atoms with Gasteiger partial charge in [-0.2, -0.15) is 0 Å². The van der Waals surface area contributed by atoms with E-state index in [1.807, 2.05) is 0 Å². The Balaban J connectivity index is 2.19. The number of hydrazine groups is 1. The first-order chi connectivity index (χ1) is 12.2. The van der Waals surface area contributed by atoms with Gasteiger partial charge in [0.15, 0.2) is 0 Å². The Morgan fingerprint density at radius 3 is 2.19 bits per heavy atom. The minimum atomic E-state index is -3.78. The van der Waals surface area contributed by atoms with Crippen LogP contribution in [-0.4, -0.2) is 32.4 Å². The van der Waals surface area contributed by atoms with Crippen LogP contribution in [0.3, 0.4) is 0 Å². The van der Waals surface area contributed by atoms with Crippen LogP contribution in [0.4, 0.5) is 0 Å². The molecule has 26 heavy (non-hydrogen) atoms. The zero-order valence-electron chi connectivity index (χ0n) is 13.2. The summed E-state index contributed by atoms with van der Waals surface area (Å²) in [5, 5.41) is 9.86. The smallest absolute Gasteiger partial charge is 0.273 e. The van der Waals surface area contributed by atoms with E-state index in [2.05, 4.69) is 15.6 Å². The van der Waals surface area contributed by atoms with Crippen LogP contribution in [0.2, 0.25) is 10.0 Å². The summed E-state index contributed by atoms with van der Waals surface area (Å²) in [4.78, 5) is 24.1. The maximum atomic E-state index is 12.2. The zero-order valence-corrected chi connectivity index (χ0v) is 15.5. The summed E-state index contributed by atoms with van der Waals surface area (Å²) < 4.78 is 25.7. The molecule has 0 heterocycles. The molecule has 0 saturated carbocycles. The lowest BCUT2D eigenvalue weighted by molar-refractivity contribution is 0.0845. The summed E-state index contributed by atoms with van der Waals surface area (Å²) in [6.07, 6.45) is 0. The Labute approximate surface area is 159 Å². The lowest BCUT2D eigenvalue weighted by Gasteiger charge is -2.11. The Hall–Kier alpha value is -2.33. The molecule has 0 aliphatic rings. The van der Waals surface area contributed by atoms with Crippen LogP contribution in [0.1, 0.15) is 20.7 Å². The summed E-state index contributed by atoms with van der Waals surface area (Å²) in [6.45, 7) is 0. The van der Waals surface area contributed by atoms with Crippen LogP contribution in [-0.2, 0) is 10.0 Å². The molecule has 0 unspecified atom stereocenters. The van der Waals surface area contributed by atoms with Gasteiger partial charge in [0.25, 0.3) is 11.8 Å². The maximum absolute atomic E-state index is 12.2. The first-order valence-corrected chi connectivity index (χ1v) is 9.22. The van der Waals surface area contributed by atoms with E-state index in [4.69, 9.17) is 23.2 Å². The van der Waals surface area contributed by atoms with Gasteiger partial charge in [0.05, 0.1) is 21.0 Å². The summed E-state index contributed by atoms with van der Waals surface area (Å²) in [5.41, 5.74) is 3.85. The Kier molecular flexibility index (Phi) is 6.09. The van der Waals surface area contributed by atoms with Gasteiger partial charge in [0.1, 0.15) is 5.75 Å². The molecule has 8 nitrogen and oxygen atoms in total. The van der Waals surface area contributed by atoms with E-state index in [-0.39, 0.29) is 31.8 Å². The van der Waals surface area contributed by atoms with Crippen molar-refractivity contribution in [3.63, 3.8) is 0 Å². The number of hydrogen-bond donors (Lipinski definition) is 4. The van der Waals surface area contributed by atoms with Gasteiger partial charge in [0, 0.05) is 5.02 Å². The zero-order chi connectivity index (χ0) is 19.5. The monoisotopic (exact) mass is 417 g/mol. The molecule has 2 aromatic rings. The van der Waals surface area contributed by atoms with Crippen molar-refractivity contribution < 1.29 is 23.1 Å². The van der Waals surface area contributed by atoms with Crippen molar-refractivity contribution >= 4 is 45.0 Å². The predicted octanol–water partition coefficient (Wildman–Crippen LogP) is 1.68. The second-order valence-corrected chi connectivity index (χ2v) is 7.65. The third kappa shape index (κ3) is 4.44. The Bertz CT molecular complexity index is 979. The third-order valence-electron chi connectivity index (χ3n) is 3.25.